The van der Waals surface area contributed by atoms with Gasteiger partial charge in [0.05, 0.1) is 11.3 Å². The number of aliphatic hydroxyl groups is 1. The van der Waals surface area contributed by atoms with Gasteiger partial charge in [0, 0.05) is 41.1 Å². The van der Waals surface area contributed by atoms with Gasteiger partial charge < -0.3 is 19.4 Å². The Bertz CT molecular complexity index is 1280. The summed E-state index contributed by atoms with van der Waals surface area (Å²) >= 11 is 0. The first-order valence-corrected chi connectivity index (χ1v) is 12.2. The van der Waals surface area contributed by atoms with Crippen LogP contribution in [-0.2, 0) is 0 Å². The first kappa shape index (κ1) is 22.2. The third kappa shape index (κ3) is 4.32. The van der Waals surface area contributed by atoms with Crippen LogP contribution < -0.4 is 0 Å². The summed E-state index contributed by atoms with van der Waals surface area (Å²) in [6.45, 7) is 13.3. The minimum absolute atomic E-state index is 0.411. The zero-order chi connectivity index (χ0) is 23.3. The number of pyridine rings is 1. The van der Waals surface area contributed by atoms with E-state index < -0.39 is 5.60 Å². The Kier molecular flexibility index (Phi) is 5.58. The number of hydrogen-bond donors (Lipinski definition) is 2. The highest BCUT2D eigenvalue weighted by molar-refractivity contribution is 5.92. The number of aryl methyl sites for hydroxylation is 1. The third-order valence-corrected chi connectivity index (χ3v) is 7.10. The summed E-state index contributed by atoms with van der Waals surface area (Å²) in [7, 11) is 0. The first-order valence-electron chi connectivity index (χ1n) is 12.2. The predicted molar refractivity (Wildman–Crippen MR) is 136 cm³/mol. The lowest BCUT2D eigenvalue weighted by Gasteiger charge is -2.35. The molecule has 4 aromatic rings. The molecule has 0 spiro atoms. The van der Waals surface area contributed by atoms with E-state index >= 15 is 0 Å². The fraction of sp³-hybridized carbons (Fsp3) is 0.464. The van der Waals surface area contributed by atoms with Crippen molar-refractivity contribution in [3.8, 4) is 11.3 Å². The van der Waals surface area contributed by atoms with Crippen LogP contribution in [0.2, 0.25) is 0 Å². The Morgan fingerprint density at radius 2 is 1.91 bits per heavy atom. The minimum atomic E-state index is -0.628. The van der Waals surface area contributed by atoms with Gasteiger partial charge in [-0.05, 0) is 93.9 Å². The molecule has 5 heteroatoms. The standard InChI is InChI=1S/C28H36N4O/c1-18(2)26-23-15-21(20-8-11-31(12-9-20)17-28(4,5)33)6-7-24(23)30-27(26)22-14-19(3)32-13-10-29-25(32)16-22/h6-7,10,13-16,18,20,30,33H,8-9,11-12,17H2,1-5H3. The molecule has 3 aromatic heterocycles. The van der Waals surface area contributed by atoms with Crippen molar-refractivity contribution < 1.29 is 5.11 Å². The number of β-amino-alcohol motifs (C(OH)–C–C–N with tert-alkyl or cyclic N) is 1. The number of likely N-dealkylation sites (tertiary alicyclic amines) is 1. The monoisotopic (exact) mass is 444 g/mol. The van der Waals surface area contributed by atoms with Crippen LogP contribution in [0.1, 0.15) is 69.2 Å². The van der Waals surface area contributed by atoms with Crippen molar-refractivity contribution in [3.05, 3.63) is 59.5 Å². The normalized spacial score (nSPS) is 16.5. The Morgan fingerprint density at radius 1 is 1.15 bits per heavy atom. The van der Waals surface area contributed by atoms with Crippen LogP contribution in [0, 0.1) is 6.92 Å². The van der Waals surface area contributed by atoms with Crippen molar-refractivity contribution in [3.63, 3.8) is 0 Å². The number of rotatable bonds is 5. The average Bonchev–Trinajstić information content (AvgIpc) is 3.37. The number of H-pyrrole nitrogens is 1. The first-order chi connectivity index (χ1) is 15.7. The molecular weight excluding hydrogens is 408 g/mol. The highest BCUT2D eigenvalue weighted by atomic mass is 16.3. The topological polar surface area (TPSA) is 56.6 Å². The SMILES string of the molecule is Cc1cc(-c2[nH]c3ccc(C4CCN(CC(C)(C)O)CC4)cc3c2C(C)C)cc2nccn12. The van der Waals surface area contributed by atoms with Gasteiger partial charge in [-0.3, -0.25) is 0 Å². The van der Waals surface area contributed by atoms with Crippen molar-refractivity contribution in [2.45, 2.75) is 64.9 Å². The molecule has 0 amide bonds. The quantitative estimate of drug-likeness (QED) is 0.405. The van der Waals surface area contributed by atoms with Crippen LogP contribution in [-0.4, -0.2) is 49.6 Å². The van der Waals surface area contributed by atoms with Gasteiger partial charge in [0.15, 0.2) is 0 Å². The van der Waals surface area contributed by atoms with Gasteiger partial charge in [-0.2, -0.15) is 0 Å². The Labute approximate surface area is 196 Å². The van der Waals surface area contributed by atoms with Gasteiger partial charge >= 0.3 is 0 Å². The van der Waals surface area contributed by atoms with E-state index in [9.17, 15) is 5.11 Å². The number of piperidine rings is 1. The summed E-state index contributed by atoms with van der Waals surface area (Å²) < 4.78 is 2.13. The number of aromatic amines is 1. The predicted octanol–water partition coefficient (Wildman–Crippen LogP) is 5.86. The second-order valence-corrected chi connectivity index (χ2v) is 10.8. The van der Waals surface area contributed by atoms with E-state index in [0.717, 1.165) is 38.1 Å². The molecule has 0 radical (unpaired) electrons. The maximum atomic E-state index is 10.2. The molecule has 5 rings (SSSR count). The highest BCUT2D eigenvalue weighted by Gasteiger charge is 2.26. The summed E-state index contributed by atoms with van der Waals surface area (Å²) in [5.74, 6) is 0.989. The molecule has 4 heterocycles. The van der Waals surface area contributed by atoms with E-state index in [2.05, 4.69) is 70.4 Å². The maximum absolute atomic E-state index is 10.2. The largest absolute Gasteiger partial charge is 0.389 e. The lowest BCUT2D eigenvalue weighted by molar-refractivity contribution is 0.0282. The fourth-order valence-electron chi connectivity index (χ4n) is 5.62. The molecule has 0 bridgehead atoms. The van der Waals surface area contributed by atoms with E-state index in [0.29, 0.717) is 11.8 Å². The number of hydrogen-bond acceptors (Lipinski definition) is 3. The molecule has 33 heavy (non-hydrogen) atoms. The number of benzene rings is 1. The Balaban J connectivity index is 1.49. The zero-order valence-corrected chi connectivity index (χ0v) is 20.5. The molecule has 0 atom stereocenters. The number of nitrogens with zero attached hydrogens (tertiary/aromatic N) is 3. The lowest BCUT2D eigenvalue weighted by Crippen LogP contribution is -2.42. The Morgan fingerprint density at radius 3 is 2.61 bits per heavy atom. The van der Waals surface area contributed by atoms with Crippen LogP contribution in [0.15, 0.2) is 42.7 Å². The van der Waals surface area contributed by atoms with Crippen molar-refractivity contribution in [2.75, 3.05) is 19.6 Å². The summed E-state index contributed by atoms with van der Waals surface area (Å²) in [6.07, 6.45) is 6.17. The van der Waals surface area contributed by atoms with E-state index in [1.807, 2.05) is 26.2 Å². The molecule has 0 unspecified atom stereocenters. The lowest BCUT2D eigenvalue weighted by atomic mass is 9.87. The van der Waals surface area contributed by atoms with Gasteiger partial charge in [0.1, 0.15) is 5.65 Å². The second kappa shape index (κ2) is 8.30. The van der Waals surface area contributed by atoms with E-state index in [1.54, 1.807) is 0 Å². The maximum Gasteiger partial charge on any atom is 0.137 e. The number of fused-ring (bicyclic) bond motifs is 2. The van der Waals surface area contributed by atoms with Crippen LogP contribution in [0.3, 0.4) is 0 Å². The van der Waals surface area contributed by atoms with E-state index in [4.69, 9.17) is 0 Å². The van der Waals surface area contributed by atoms with Crippen LogP contribution in [0.4, 0.5) is 0 Å². The van der Waals surface area contributed by atoms with Crippen molar-refractivity contribution in [1.29, 1.82) is 0 Å². The molecule has 0 aliphatic carbocycles. The minimum Gasteiger partial charge on any atom is -0.389 e. The second-order valence-electron chi connectivity index (χ2n) is 10.8. The molecule has 2 N–H and O–H groups in total. The highest BCUT2D eigenvalue weighted by Crippen LogP contribution is 2.38. The smallest absolute Gasteiger partial charge is 0.137 e. The van der Waals surface area contributed by atoms with Crippen molar-refractivity contribution in [2.24, 2.45) is 0 Å². The fourth-order valence-corrected chi connectivity index (χ4v) is 5.62. The summed E-state index contributed by atoms with van der Waals surface area (Å²) in [4.78, 5) is 10.7. The van der Waals surface area contributed by atoms with Gasteiger partial charge in [0.2, 0.25) is 0 Å². The molecule has 5 nitrogen and oxygen atoms in total. The molecule has 1 aromatic carbocycles. The molecular formula is C28H36N4O. The van der Waals surface area contributed by atoms with E-state index in [1.165, 1.54) is 39.0 Å². The van der Waals surface area contributed by atoms with Crippen LogP contribution >= 0.6 is 0 Å². The van der Waals surface area contributed by atoms with Crippen LogP contribution in [0.5, 0.6) is 0 Å². The molecule has 174 valence electrons. The van der Waals surface area contributed by atoms with Gasteiger partial charge in [0.25, 0.3) is 0 Å². The molecule has 1 fully saturated rings. The van der Waals surface area contributed by atoms with Gasteiger partial charge in [-0.25, -0.2) is 4.98 Å². The van der Waals surface area contributed by atoms with Gasteiger partial charge in [-0.1, -0.05) is 19.9 Å². The summed E-state index contributed by atoms with van der Waals surface area (Å²) in [5, 5.41) is 11.5. The molecule has 1 aliphatic rings. The molecule has 0 saturated carbocycles. The number of aromatic nitrogens is 3. The number of nitrogens with one attached hydrogen (secondary N) is 1. The van der Waals surface area contributed by atoms with Crippen LogP contribution in [0.25, 0.3) is 27.8 Å². The Hall–Kier alpha value is -2.63. The van der Waals surface area contributed by atoms with E-state index in [-0.39, 0.29) is 0 Å². The number of imidazole rings is 1. The molecule has 1 saturated heterocycles. The zero-order valence-electron chi connectivity index (χ0n) is 20.5. The average molecular weight is 445 g/mol. The summed E-state index contributed by atoms with van der Waals surface area (Å²) in [6, 6.07) is 11.4. The third-order valence-electron chi connectivity index (χ3n) is 7.10. The summed E-state index contributed by atoms with van der Waals surface area (Å²) in [5.41, 5.74) is 8.00. The molecule has 1 aliphatic heterocycles. The van der Waals surface area contributed by atoms with Crippen molar-refractivity contribution >= 4 is 16.6 Å². The van der Waals surface area contributed by atoms with Crippen molar-refractivity contribution in [1.82, 2.24) is 19.3 Å². The van der Waals surface area contributed by atoms with Gasteiger partial charge in [-0.15, -0.1) is 0 Å².